The first-order valence-corrected chi connectivity index (χ1v) is 9.99. The molecule has 2 N–H and O–H groups in total. The number of anilines is 3. The van der Waals surface area contributed by atoms with Crippen molar-refractivity contribution in [1.82, 2.24) is 0 Å². The fourth-order valence-corrected chi connectivity index (χ4v) is 3.51. The predicted molar refractivity (Wildman–Crippen MR) is 112 cm³/mol. The van der Waals surface area contributed by atoms with Gasteiger partial charge in [0.1, 0.15) is 12.4 Å². The minimum atomic E-state index is -0.408. The fraction of sp³-hybridized carbons (Fsp3) is 0.318. The third-order valence-electron chi connectivity index (χ3n) is 5.02. The molecule has 156 valence electrons. The van der Waals surface area contributed by atoms with Crippen LogP contribution in [0.15, 0.2) is 42.5 Å². The maximum absolute atomic E-state index is 12.4. The van der Waals surface area contributed by atoms with Crippen molar-refractivity contribution >= 4 is 35.0 Å². The Morgan fingerprint density at radius 1 is 1.17 bits per heavy atom. The van der Waals surface area contributed by atoms with E-state index < -0.39 is 6.09 Å². The van der Waals surface area contributed by atoms with Crippen LogP contribution in [0.1, 0.15) is 24.8 Å². The van der Waals surface area contributed by atoms with Crippen LogP contribution in [0.25, 0.3) is 0 Å². The molecule has 0 aromatic heterocycles. The number of nitrogens with zero attached hydrogens (tertiary/aromatic N) is 1. The summed E-state index contributed by atoms with van der Waals surface area (Å²) in [6.45, 7) is 1.20. The summed E-state index contributed by atoms with van der Waals surface area (Å²) in [7, 11) is 0. The molecule has 0 unspecified atom stereocenters. The Hall–Kier alpha value is -3.55. The van der Waals surface area contributed by atoms with Gasteiger partial charge in [-0.2, -0.15) is 0 Å². The fourth-order valence-electron chi connectivity index (χ4n) is 3.51. The quantitative estimate of drug-likeness (QED) is 0.684. The zero-order valence-corrected chi connectivity index (χ0v) is 16.5. The lowest BCUT2D eigenvalue weighted by Gasteiger charge is -2.18. The SMILES string of the molecule is O=C1CCc2cc(OCCCC(=O)Nc3ccccc3N3CCOC3=O)ccc2N1. The van der Waals surface area contributed by atoms with Crippen molar-refractivity contribution in [2.75, 3.05) is 35.3 Å². The highest BCUT2D eigenvalue weighted by atomic mass is 16.6. The van der Waals surface area contributed by atoms with Crippen molar-refractivity contribution in [2.24, 2.45) is 0 Å². The van der Waals surface area contributed by atoms with Crippen LogP contribution >= 0.6 is 0 Å². The van der Waals surface area contributed by atoms with E-state index in [1.54, 1.807) is 12.1 Å². The summed E-state index contributed by atoms with van der Waals surface area (Å²) in [6.07, 6.45) is 1.61. The Kier molecular flexibility index (Phi) is 5.83. The second-order valence-corrected chi connectivity index (χ2v) is 7.15. The highest BCUT2D eigenvalue weighted by Crippen LogP contribution is 2.29. The first-order chi connectivity index (χ1) is 14.6. The molecule has 8 nitrogen and oxygen atoms in total. The molecule has 1 saturated heterocycles. The van der Waals surface area contributed by atoms with Gasteiger partial charge in [-0.1, -0.05) is 12.1 Å². The number of hydrogen-bond acceptors (Lipinski definition) is 5. The van der Waals surface area contributed by atoms with Crippen LogP contribution in [0.2, 0.25) is 0 Å². The number of carbonyl (C=O) groups is 3. The van der Waals surface area contributed by atoms with Gasteiger partial charge in [0.05, 0.1) is 24.5 Å². The van der Waals surface area contributed by atoms with Gasteiger partial charge < -0.3 is 20.1 Å². The van der Waals surface area contributed by atoms with Crippen molar-refractivity contribution in [2.45, 2.75) is 25.7 Å². The Bertz CT molecular complexity index is 975. The van der Waals surface area contributed by atoms with Crippen LogP contribution in [0.5, 0.6) is 5.75 Å². The molecule has 2 aliphatic rings. The maximum Gasteiger partial charge on any atom is 0.414 e. The summed E-state index contributed by atoms with van der Waals surface area (Å²) in [6, 6.07) is 12.8. The van der Waals surface area contributed by atoms with E-state index in [0.717, 1.165) is 17.0 Å². The highest BCUT2D eigenvalue weighted by molar-refractivity contribution is 5.99. The lowest BCUT2D eigenvalue weighted by atomic mass is 10.0. The Morgan fingerprint density at radius 2 is 2.03 bits per heavy atom. The molecule has 1 fully saturated rings. The van der Waals surface area contributed by atoms with Gasteiger partial charge in [-0.05, 0) is 48.7 Å². The van der Waals surface area contributed by atoms with Crippen LogP contribution in [0.3, 0.4) is 0 Å². The lowest BCUT2D eigenvalue weighted by Crippen LogP contribution is -2.25. The molecular weight excluding hydrogens is 386 g/mol. The van der Waals surface area contributed by atoms with Gasteiger partial charge in [0.15, 0.2) is 0 Å². The van der Waals surface area contributed by atoms with E-state index in [1.165, 1.54) is 4.90 Å². The molecule has 0 radical (unpaired) electrons. The van der Waals surface area contributed by atoms with Crippen molar-refractivity contribution in [3.63, 3.8) is 0 Å². The second kappa shape index (κ2) is 8.86. The van der Waals surface area contributed by atoms with Gasteiger partial charge >= 0.3 is 6.09 Å². The van der Waals surface area contributed by atoms with E-state index in [2.05, 4.69) is 10.6 Å². The zero-order valence-electron chi connectivity index (χ0n) is 16.5. The van der Waals surface area contributed by atoms with E-state index in [0.29, 0.717) is 56.8 Å². The number of carbonyl (C=O) groups excluding carboxylic acids is 3. The average molecular weight is 409 g/mol. The average Bonchev–Trinajstić information content (AvgIpc) is 3.17. The molecule has 30 heavy (non-hydrogen) atoms. The first kappa shape index (κ1) is 19.8. The van der Waals surface area contributed by atoms with Crippen LogP contribution in [-0.2, 0) is 20.7 Å². The number of para-hydroxylation sites is 2. The van der Waals surface area contributed by atoms with Gasteiger partial charge in [-0.25, -0.2) is 4.79 Å². The van der Waals surface area contributed by atoms with Crippen LogP contribution < -0.4 is 20.3 Å². The van der Waals surface area contributed by atoms with Crippen molar-refractivity contribution in [3.8, 4) is 5.75 Å². The van der Waals surface area contributed by atoms with E-state index in [4.69, 9.17) is 9.47 Å². The molecule has 0 bridgehead atoms. The largest absolute Gasteiger partial charge is 0.494 e. The zero-order chi connectivity index (χ0) is 20.9. The van der Waals surface area contributed by atoms with Crippen LogP contribution in [0, 0.1) is 0 Å². The molecule has 3 amide bonds. The minimum absolute atomic E-state index is 0.0328. The summed E-state index contributed by atoms with van der Waals surface area (Å²) in [5, 5.41) is 5.71. The Balaban J connectivity index is 1.26. The summed E-state index contributed by atoms with van der Waals surface area (Å²) in [5.74, 6) is 0.611. The molecule has 0 saturated carbocycles. The number of fused-ring (bicyclic) bond motifs is 1. The topological polar surface area (TPSA) is 97.0 Å². The molecular formula is C22H23N3O5. The molecule has 0 spiro atoms. The lowest BCUT2D eigenvalue weighted by molar-refractivity contribution is -0.117. The van der Waals surface area contributed by atoms with Crippen LogP contribution in [0.4, 0.5) is 21.9 Å². The molecule has 2 aromatic rings. The predicted octanol–water partition coefficient (Wildman–Crippen LogP) is 3.33. The molecule has 0 aliphatic carbocycles. The molecule has 8 heteroatoms. The molecule has 2 heterocycles. The number of cyclic esters (lactones) is 1. The molecule has 2 aliphatic heterocycles. The number of rotatable bonds is 7. The standard InChI is InChI=1S/C22H23N3O5/c26-20(24-18-4-1-2-5-19(18)25-11-13-30-22(25)28)6-3-12-29-16-8-9-17-15(14-16)7-10-21(27)23-17/h1-2,4-5,8-9,14H,3,6-7,10-13H2,(H,23,27)(H,24,26). The van der Waals surface area contributed by atoms with Crippen molar-refractivity contribution in [1.29, 1.82) is 0 Å². The highest BCUT2D eigenvalue weighted by Gasteiger charge is 2.25. The number of hydrogen-bond donors (Lipinski definition) is 2. The van der Waals surface area contributed by atoms with Gasteiger partial charge in [0, 0.05) is 18.5 Å². The molecule has 2 aromatic carbocycles. The smallest absolute Gasteiger partial charge is 0.414 e. The molecule has 0 atom stereocenters. The van der Waals surface area contributed by atoms with E-state index in [9.17, 15) is 14.4 Å². The number of aryl methyl sites for hydroxylation is 1. The Morgan fingerprint density at radius 3 is 2.87 bits per heavy atom. The van der Waals surface area contributed by atoms with Gasteiger partial charge in [-0.15, -0.1) is 0 Å². The molecule has 4 rings (SSSR count). The number of amides is 3. The summed E-state index contributed by atoms with van der Waals surface area (Å²) >= 11 is 0. The third-order valence-corrected chi connectivity index (χ3v) is 5.02. The monoisotopic (exact) mass is 409 g/mol. The van der Waals surface area contributed by atoms with Crippen LogP contribution in [-0.4, -0.2) is 37.7 Å². The maximum atomic E-state index is 12.4. The number of ether oxygens (including phenoxy) is 2. The van der Waals surface area contributed by atoms with E-state index in [-0.39, 0.29) is 11.8 Å². The minimum Gasteiger partial charge on any atom is -0.494 e. The van der Waals surface area contributed by atoms with Crippen molar-refractivity contribution < 1.29 is 23.9 Å². The summed E-state index contributed by atoms with van der Waals surface area (Å²) in [4.78, 5) is 37.1. The number of nitrogens with one attached hydrogen (secondary N) is 2. The summed E-state index contributed by atoms with van der Waals surface area (Å²) < 4.78 is 10.7. The second-order valence-electron chi connectivity index (χ2n) is 7.15. The Labute approximate surface area is 174 Å². The van der Waals surface area contributed by atoms with Crippen molar-refractivity contribution in [3.05, 3.63) is 48.0 Å². The van der Waals surface area contributed by atoms with Gasteiger partial charge in [-0.3, -0.25) is 14.5 Å². The first-order valence-electron chi connectivity index (χ1n) is 9.99. The van der Waals surface area contributed by atoms with E-state index >= 15 is 0 Å². The van der Waals surface area contributed by atoms with Gasteiger partial charge in [0.25, 0.3) is 0 Å². The number of benzene rings is 2. The summed E-state index contributed by atoms with van der Waals surface area (Å²) in [5.41, 5.74) is 3.10. The normalized spacial score (nSPS) is 15.3. The third kappa shape index (κ3) is 4.53. The van der Waals surface area contributed by atoms with Gasteiger partial charge in [0.2, 0.25) is 11.8 Å². The van der Waals surface area contributed by atoms with E-state index in [1.807, 2.05) is 30.3 Å².